The molecular weight excluding hydrogens is 440 g/mol. The molecule has 170 valence electrons. The molecule has 2 aromatic carbocycles. The molecule has 0 bridgehead atoms. The summed E-state index contributed by atoms with van der Waals surface area (Å²) in [6.07, 6.45) is 0. The summed E-state index contributed by atoms with van der Waals surface area (Å²) in [5.74, 6) is -0.409. The van der Waals surface area contributed by atoms with E-state index in [-0.39, 0.29) is 10.6 Å². The van der Waals surface area contributed by atoms with Gasteiger partial charge in [-0.15, -0.1) is 0 Å². The largest absolute Gasteiger partial charge is 0.335 e. The molecule has 8 nitrogen and oxygen atoms in total. The number of nitrogens with one attached hydrogen (secondary N) is 1. The van der Waals surface area contributed by atoms with Crippen LogP contribution in [0.2, 0.25) is 0 Å². The van der Waals surface area contributed by atoms with Crippen LogP contribution in [-0.4, -0.2) is 42.9 Å². The van der Waals surface area contributed by atoms with Crippen LogP contribution in [0.15, 0.2) is 57.9 Å². The van der Waals surface area contributed by atoms with Crippen molar-refractivity contribution in [1.29, 1.82) is 0 Å². The molecule has 2 heterocycles. The lowest BCUT2D eigenvalue weighted by molar-refractivity contribution is 0.102. The highest BCUT2D eigenvalue weighted by Gasteiger charge is 2.23. The van der Waals surface area contributed by atoms with Gasteiger partial charge in [0.05, 0.1) is 27.2 Å². The fraction of sp³-hybridized carbons (Fsp3) is 0.208. The molecule has 0 fully saturated rings. The number of fused-ring (bicyclic) bond motifs is 1. The van der Waals surface area contributed by atoms with Crippen molar-refractivity contribution in [2.45, 2.75) is 25.7 Å². The molecule has 9 heteroatoms. The second-order valence-electron chi connectivity index (χ2n) is 8.02. The second-order valence-corrected chi connectivity index (χ2v) is 10.2. The molecule has 0 aliphatic carbocycles. The maximum absolute atomic E-state index is 13.5. The van der Waals surface area contributed by atoms with Crippen LogP contribution < -0.4 is 5.32 Å². The van der Waals surface area contributed by atoms with Crippen LogP contribution >= 0.6 is 0 Å². The van der Waals surface area contributed by atoms with Crippen LogP contribution in [0.5, 0.6) is 0 Å². The van der Waals surface area contributed by atoms with Crippen LogP contribution in [-0.2, 0) is 10.0 Å². The number of rotatable bonds is 5. The van der Waals surface area contributed by atoms with Crippen molar-refractivity contribution < 1.29 is 17.7 Å². The number of amides is 1. The number of pyridine rings is 1. The van der Waals surface area contributed by atoms with Gasteiger partial charge in [-0.2, -0.15) is 0 Å². The standard InChI is InChI=1S/C24H24N4O4S/c1-14-11-18(33(30,31)28(4)5)12-20(15(14)2)25-23(29)19-13-21(17-9-7-6-8-10-17)26-24-22(19)16(3)27-32-24/h6-13H,1-5H3,(H,25,29). The number of carbonyl (C=O) groups excluding carboxylic acids is 1. The SMILES string of the molecule is Cc1cc(S(=O)(=O)N(C)C)cc(NC(=O)c2cc(-c3ccccc3)nc3onc(C)c23)c1C. The topological polar surface area (TPSA) is 105 Å². The molecule has 0 unspecified atom stereocenters. The first-order valence-corrected chi connectivity index (χ1v) is 11.7. The highest BCUT2D eigenvalue weighted by Crippen LogP contribution is 2.30. The first-order valence-electron chi connectivity index (χ1n) is 10.3. The Morgan fingerprint density at radius 1 is 1.03 bits per heavy atom. The molecular formula is C24H24N4O4S. The Labute approximate surface area is 192 Å². The minimum absolute atomic E-state index is 0.108. The zero-order valence-electron chi connectivity index (χ0n) is 19.0. The summed E-state index contributed by atoms with van der Waals surface area (Å²) in [7, 11) is -0.730. The molecule has 0 spiro atoms. The summed E-state index contributed by atoms with van der Waals surface area (Å²) < 4.78 is 31.8. The summed E-state index contributed by atoms with van der Waals surface area (Å²) in [4.78, 5) is 18.1. The molecule has 33 heavy (non-hydrogen) atoms. The number of hydrogen-bond donors (Lipinski definition) is 1. The number of nitrogens with zero attached hydrogens (tertiary/aromatic N) is 3. The molecule has 1 N–H and O–H groups in total. The van der Waals surface area contributed by atoms with Crippen molar-refractivity contribution in [3.8, 4) is 11.3 Å². The van der Waals surface area contributed by atoms with Gasteiger partial charge in [0.25, 0.3) is 11.6 Å². The Morgan fingerprint density at radius 2 is 1.73 bits per heavy atom. The van der Waals surface area contributed by atoms with E-state index in [0.29, 0.717) is 28.0 Å². The third-order valence-corrected chi connectivity index (χ3v) is 7.39. The van der Waals surface area contributed by atoms with Crippen molar-refractivity contribution in [3.05, 3.63) is 70.9 Å². The van der Waals surface area contributed by atoms with E-state index in [9.17, 15) is 13.2 Å². The lowest BCUT2D eigenvalue weighted by Crippen LogP contribution is -2.23. The van der Waals surface area contributed by atoms with Gasteiger partial charge >= 0.3 is 0 Å². The third kappa shape index (κ3) is 4.12. The number of anilines is 1. The summed E-state index contributed by atoms with van der Waals surface area (Å²) in [5.41, 5.74) is 4.48. The van der Waals surface area contributed by atoms with Crippen LogP contribution in [0.4, 0.5) is 5.69 Å². The zero-order chi connectivity index (χ0) is 23.9. The molecule has 1 amide bonds. The number of carbonyl (C=O) groups is 1. The lowest BCUT2D eigenvalue weighted by Gasteiger charge is -2.16. The Balaban J connectivity index is 1.82. The Bertz CT molecular complexity index is 1480. The predicted molar refractivity (Wildman–Crippen MR) is 127 cm³/mol. The summed E-state index contributed by atoms with van der Waals surface area (Å²) in [6, 6.07) is 14.2. The maximum Gasteiger partial charge on any atom is 0.259 e. The van der Waals surface area contributed by atoms with Gasteiger partial charge in [-0.25, -0.2) is 17.7 Å². The van der Waals surface area contributed by atoms with Crippen molar-refractivity contribution in [1.82, 2.24) is 14.4 Å². The van der Waals surface area contributed by atoms with Gasteiger partial charge < -0.3 is 9.84 Å². The highest BCUT2D eigenvalue weighted by molar-refractivity contribution is 7.89. The molecule has 0 saturated carbocycles. The first kappa shape index (κ1) is 22.6. The van der Waals surface area contributed by atoms with Crippen LogP contribution in [0.25, 0.3) is 22.4 Å². The van der Waals surface area contributed by atoms with Crippen LogP contribution in [0.1, 0.15) is 27.2 Å². The molecule has 0 atom stereocenters. The van der Waals surface area contributed by atoms with E-state index >= 15 is 0 Å². The molecule has 2 aromatic heterocycles. The fourth-order valence-corrected chi connectivity index (χ4v) is 4.55. The van der Waals surface area contributed by atoms with Crippen molar-refractivity contribution in [2.24, 2.45) is 0 Å². The molecule has 4 aromatic rings. The molecule has 0 radical (unpaired) electrons. The van der Waals surface area contributed by atoms with Crippen molar-refractivity contribution in [2.75, 3.05) is 19.4 Å². The van der Waals surface area contributed by atoms with Gasteiger partial charge in [-0.05, 0) is 50.1 Å². The maximum atomic E-state index is 13.5. The Morgan fingerprint density at radius 3 is 2.39 bits per heavy atom. The van der Waals surface area contributed by atoms with Crippen LogP contribution in [0, 0.1) is 20.8 Å². The average molecular weight is 465 g/mol. The molecule has 0 saturated heterocycles. The Hall–Kier alpha value is -3.56. The number of aryl methyl sites for hydroxylation is 2. The summed E-state index contributed by atoms with van der Waals surface area (Å²) in [6.45, 7) is 5.38. The number of benzene rings is 2. The quantitative estimate of drug-likeness (QED) is 0.472. The molecule has 0 aliphatic heterocycles. The normalized spacial score (nSPS) is 11.8. The second kappa shape index (κ2) is 8.42. The number of aromatic nitrogens is 2. The number of sulfonamides is 1. The zero-order valence-corrected chi connectivity index (χ0v) is 19.8. The van der Waals surface area contributed by atoms with E-state index < -0.39 is 15.9 Å². The van der Waals surface area contributed by atoms with E-state index in [4.69, 9.17) is 4.52 Å². The van der Waals surface area contributed by atoms with E-state index in [2.05, 4.69) is 15.5 Å². The van der Waals surface area contributed by atoms with Crippen molar-refractivity contribution >= 4 is 32.7 Å². The van der Waals surface area contributed by atoms with Gasteiger partial charge in [-0.1, -0.05) is 35.5 Å². The Kier molecular flexibility index (Phi) is 5.77. The van der Waals surface area contributed by atoms with E-state index in [1.807, 2.05) is 44.2 Å². The fourth-order valence-electron chi connectivity index (χ4n) is 3.54. The average Bonchev–Trinajstić information content (AvgIpc) is 3.17. The van der Waals surface area contributed by atoms with Gasteiger partial charge in [0.1, 0.15) is 0 Å². The van der Waals surface area contributed by atoms with E-state index in [0.717, 1.165) is 21.0 Å². The number of hydrogen-bond acceptors (Lipinski definition) is 6. The minimum atomic E-state index is -3.67. The summed E-state index contributed by atoms with van der Waals surface area (Å²) in [5, 5.41) is 7.38. The lowest BCUT2D eigenvalue weighted by atomic mass is 10.0. The van der Waals surface area contributed by atoms with Gasteiger partial charge in [-0.3, -0.25) is 4.79 Å². The third-order valence-electron chi connectivity index (χ3n) is 5.60. The highest BCUT2D eigenvalue weighted by atomic mass is 32.2. The van der Waals surface area contributed by atoms with Crippen LogP contribution in [0.3, 0.4) is 0 Å². The predicted octanol–water partition coefficient (Wildman–Crippen LogP) is 4.32. The minimum Gasteiger partial charge on any atom is -0.335 e. The van der Waals surface area contributed by atoms with Gasteiger partial charge in [0, 0.05) is 25.3 Å². The van der Waals surface area contributed by atoms with E-state index in [1.165, 1.54) is 20.2 Å². The van der Waals surface area contributed by atoms with E-state index in [1.54, 1.807) is 19.1 Å². The first-order chi connectivity index (χ1) is 15.6. The van der Waals surface area contributed by atoms with Gasteiger partial charge in [0.2, 0.25) is 10.0 Å². The molecule has 0 aliphatic rings. The van der Waals surface area contributed by atoms with Gasteiger partial charge in [0.15, 0.2) is 0 Å². The molecule has 4 rings (SSSR count). The monoisotopic (exact) mass is 464 g/mol. The van der Waals surface area contributed by atoms with Crippen molar-refractivity contribution in [3.63, 3.8) is 0 Å². The summed E-state index contributed by atoms with van der Waals surface area (Å²) >= 11 is 0. The smallest absolute Gasteiger partial charge is 0.259 e.